The smallest absolute Gasteiger partial charge is 0.295 e. The van der Waals surface area contributed by atoms with E-state index >= 15 is 0 Å². The minimum atomic E-state index is -0.762. The van der Waals surface area contributed by atoms with Gasteiger partial charge in [0.05, 0.1) is 18.2 Å². The molecule has 0 saturated carbocycles. The molecule has 1 saturated heterocycles. The zero-order chi connectivity index (χ0) is 21.0. The van der Waals surface area contributed by atoms with Crippen LogP contribution in [0.1, 0.15) is 43.9 Å². The second-order valence-corrected chi connectivity index (χ2v) is 6.96. The van der Waals surface area contributed by atoms with E-state index in [1.807, 2.05) is 13.8 Å². The number of rotatable bonds is 7. The fraction of sp³-hybridized carbons (Fsp3) is 0.304. The van der Waals surface area contributed by atoms with Crippen molar-refractivity contribution in [2.24, 2.45) is 0 Å². The first-order valence-electron chi connectivity index (χ1n) is 9.78. The molecule has 6 nitrogen and oxygen atoms in total. The van der Waals surface area contributed by atoms with E-state index in [0.717, 1.165) is 6.42 Å². The molecule has 0 bridgehead atoms. The molecule has 6 heteroatoms. The topological polar surface area (TPSA) is 87.1 Å². The Kier molecular flexibility index (Phi) is 6.22. The molecule has 3 rings (SSSR count). The van der Waals surface area contributed by atoms with Crippen LogP contribution in [0.5, 0.6) is 11.5 Å². The number of nitrogens with zero attached hydrogens (tertiary/aromatic N) is 1. The molecular formula is C23H25NO5. The number of likely N-dealkylation sites (tertiary alicyclic amines) is 1. The molecule has 0 aromatic heterocycles. The number of ether oxygens (including phenoxy) is 1. The minimum Gasteiger partial charge on any atom is -0.508 e. The summed E-state index contributed by atoms with van der Waals surface area (Å²) >= 11 is 0. The summed E-state index contributed by atoms with van der Waals surface area (Å²) in [6.45, 7) is 4.80. The van der Waals surface area contributed by atoms with Gasteiger partial charge in [-0.05, 0) is 42.7 Å². The van der Waals surface area contributed by atoms with Crippen molar-refractivity contribution in [2.75, 3.05) is 13.2 Å². The number of aliphatic hydroxyl groups excluding tert-OH is 1. The third kappa shape index (κ3) is 4.11. The summed E-state index contributed by atoms with van der Waals surface area (Å²) < 4.78 is 5.61. The van der Waals surface area contributed by atoms with Crippen LogP contribution < -0.4 is 4.74 Å². The SMILES string of the molecule is CCCOc1cccc(/C(O)=C2/C(=O)C(=O)N(CCC)C2c2cccc(O)c2)c1. The number of aromatic hydroxyl groups is 1. The molecule has 1 atom stereocenters. The minimum absolute atomic E-state index is 0.0155. The Bertz CT molecular complexity index is 950. The van der Waals surface area contributed by atoms with E-state index in [1.54, 1.807) is 36.4 Å². The van der Waals surface area contributed by atoms with E-state index < -0.39 is 17.7 Å². The molecule has 2 N–H and O–H groups in total. The molecule has 0 radical (unpaired) electrons. The van der Waals surface area contributed by atoms with Gasteiger partial charge in [-0.25, -0.2) is 0 Å². The number of Topliss-reactive ketones (excluding diaryl/α,β-unsaturated/α-hetero) is 1. The van der Waals surface area contributed by atoms with E-state index in [9.17, 15) is 19.8 Å². The molecule has 2 aromatic rings. The summed E-state index contributed by atoms with van der Waals surface area (Å²) in [5, 5.41) is 20.9. The van der Waals surface area contributed by atoms with Gasteiger partial charge in [0.1, 0.15) is 17.3 Å². The van der Waals surface area contributed by atoms with Crippen LogP contribution >= 0.6 is 0 Å². The van der Waals surface area contributed by atoms with Crippen LogP contribution in [-0.2, 0) is 9.59 Å². The number of aliphatic hydroxyl groups is 1. The summed E-state index contributed by atoms with van der Waals surface area (Å²) in [7, 11) is 0. The molecule has 0 aliphatic carbocycles. The zero-order valence-corrected chi connectivity index (χ0v) is 16.6. The summed E-state index contributed by atoms with van der Waals surface area (Å²) in [6.07, 6.45) is 1.50. The average Bonchev–Trinajstić information content (AvgIpc) is 2.97. The lowest BCUT2D eigenvalue weighted by Gasteiger charge is -2.25. The van der Waals surface area contributed by atoms with Crippen LogP contribution in [0.25, 0.3) is 5.76 Å². The maximum absolute atomic E-state index is 12.8. The highest BCUT2D eigenvalue weighted by Crippen LogP contribution is 2.40. The van der Waals surface area contributed by atoms with E-state index in [0.29, 0.717) is 36.4 Å². The van der Waals surface area contributed by atoms with Gasteiger partial charge < -0.3 is 19.8 Å². The number of hydrogen-bond acceptors (Lipinski definition) is 5. The van der Waals surface area contributed by atoms with Crippen molar-refractivity contribution < 1.29 is 24.5 Å². The van der Waals surface area contributed by atoms with Crippen LogP contribution in [-0.4, -0.2) is 40.0 Å². The highest BCUT2D eigenvalue weighted by Gasteiger charge is 2.45. The summed E-state index contributed by atoms with van der Waals surface area (Å²) in [5.41, 5.74) is 0.984. The maximum Gasteiger partial charge on any atom is 0.295 e. The van der Waals surface area contributed by atoms with Gasteiger partial charge in [-0.3, -0.25) is 9.59 Å². The monoisotopic (exact) mass is 395 g/mol. The van der Waals surface area contributed by atoms with Gasteiger partial charge in [0.25, 0.3) is 11.7 Å². The Morgan fingerprint density at radius 3 is 2.52 bits per heavy atom. The number of hydrogen-bond donors (Lipinski definition) is 2. The number of benzene rings is 2. The Morgan fingerprint density at radius 2 is 1.83 bits per heavy atom. The van der Waals surface area contributed by atoms with Crippen molar-refractivity contribution in [3.8, 4) is 11.5 Å². The first-order valence-corrected chi connectivity index (χ1v) is 9.78. The van der Waals surface area contributed by atoms with E-state index in [1.165, 1.54) is 17.0 Å². The number of phenolic OH excluding ortho intramolecular Hbond substituents is 1. The van der Waals surface area contributed by atoms with Crippen molar-refractivity contribution in [2.45, 2.75) is 32.7 Å². The van der Waals surface area contributed by atoms with Gasteiger partial charge in [-0.1, -0.05) is 38.1 Å². The second kappa shape index (κ2) is 8.82. The van der Waals surface area contributed by atoms with Crippen molar-refractivity contribution in [1.82, 2.24) is 4.90 Å². The lowest BCUT2D eigenvalue weighted by atomic mass is 9.95. The standard InChI is InChI=1S/C23H25NO5/c1-3-11-24-20(15-7-5-9-17(25)13-15)19(22(27)23(24)28)21(26)16-8-6-10-18(14-16)29-12-4-2/h5-10,13-14,20,25-26H,3-4,11-12H2,1-2H3/b21-19-. The third-order valence-corrected chi connectivity index (χ3v) is 4.77. The normalized spacial score (nSPS) is 18.3. The number of carbonyl (C=O) groups is 2. The molecular weight excluding hydrogens is 370 g/mol. The van der Waals surface area contributed by atoms with Crippen LogP contribution in [0, 0.1) is 0 Å². The summed E-state index contributed by atoms with van der Waals surface area (Å²) in [5.74, 6) is -1.03. The zero-order valence-electron chi connectivity index (χ0n) is 16.6. The number of phenols is 1. The quantitative estimate of drug-likeness (QED) is 0.420. The predicted molar refractivity (Wildman–Crippen MR) is 110 cm³/mol. The molecule has 1 aliphatic rings. The molecule has 29 heavy (non-hydrogen) atoms. The predicted octanol–water partition coefficient (Wildman–Crippen LogP) is 4.01. The Hall–Kier alpha value is -3.28. The lowest BCUT2D eigenvalue weighted by Crippen LogP contribution is -2.30. The first kappa shape index (κ1) is 20.5. The van der Waals surface area contributed by atoms with Crippen LogP contribution in [0.3, 0.4) is 0 Å². The molecule has 1 heterocycles. The van der Waals surface area contributed by atoms with Gasteiger partial charge in [0, 0.05) is 12.1 Å². The van der Waals surface area contributed by atoms with Crippen molar-refractivity contribution in [3.63, 3.8) is 0 Å². The van der Waals surface area contributed by atoms with E-state index in [4.69, 9.17) is 4.74 Å². The Morgan fingerprint density at radius 1 is 1.07 bits per heavy atom. The number of ketones is 1. The second-order valence-electron chi connectivity index (χ2n) is 6.96. The maximum atomic E-state index is 12.8. The third-order valence-electron chi connectivity index (χ3n) is 4.77. The van der Waals surface area contributed by atoms with E-state index in [-0.39, 0.29) is 17.1 Å². The van der Waals surface area contributed by atoms with Crippen LogP contribution in [0.2, 0.25) is 0 Å². The largest absolute Gasteiger partial charge is 0.508 e. The molecule has 0 spiro atoms. The summed E-state index contributed by atoms with van der Waals surface area (Å²) in [6, 6.07) is 12.5. The molecule has 1 unspecified atom stereocenters. The summed E-state index contributed by atoms with van der Waals surface area (Å²) in [4.78, 5) is 26.9. The van der Waals surface area contributed by atoms with Crippen LogP contribution in [0.4, 0.5) is 0 Å². The average molecular weight is 395 g/mol. The fourth-order valence-electron chi connectivity index (χ4n) is 3.50. The van der Waals surface area contributed by atoms with Gasteiger partial charge in [-0.15, -0.1) is 0 Å². The molecule has 2 aromatic carbocycles. The molecule has 152 valence electrons. The Labute approximate surface area is 170 Å². The first-order chi connectivity index (χ1) is 14.0. The Balaban J connectivity index is 2.12. The van der Waals surface area contributed by atoms with Crippen LogP contribution in [0.15, 0.2) is 54.1 Å². The van der Waals surface area contributed by atoms with Gasteiger partial charge in [0.2, 0.25) is 0 Å². The molecule has 1 amide bonds. The highest BCUT2D eigenvalue weighted by molar-refractivity contribution is 6.46. The molecule has 1 aliphatic heterocycles. The number of carbonyl (C=O) groups excluding carboxylic acids is 2. The fourth-order valence-corrected chi connectivity index (χ4v) is 3.50. The van der Waals surface area contributed by atoms with Crippen molar-refractivity contribution in [1.29, 1.82) is 0 Å². The highest BCUT2D eigenvalue weighted by atomic mass is 16.5. The van der Waals surface area contributed by atoms with Crippen molar-refractivity contribution in [3.05, 3.63) is 65.2 Å². The van der Waals surface area contributed by atoms with Gasteiger partial charge >= 0.3 is 0 Å². The van der Waals surface area contributed by atoms with Gasteiger partial charge in [0.15, 0.2) is 0 Å². The molecule has 1 fully saturated rings. The van der Waals surface area contributed by atoms with E-state index in [2.05, 4.69) is 0 Å². The lowest BCUT2D eigenvalue weighted by molar-refractivity contribution is -0.139. The van der Waals surface area contributed by atoms with Gasteiger partial charge in [-0.2, -0.15) is 0 Å². The van der Waals surface area contributed by atoms with Crippen molar-refractivity contribution >= 4 is 17.4 Å². The number of amides is 1.